The van der Waals surface area contributed by atoms with E-state index >= 15 is 0 Å². The van der Waals surface area contributed by atoms with Crippen molar-refractivity contribution < 1.29 is 5.11 Å². The molecule has 3 unspecified atom stereocenters. The first-order chi connectivity index (χ1) is 6.46. The van der Waals surface area contributed by atoms with Crippen molar-refractivity contribution in [3.8, 4) is 0 Å². The molecule has 0 aromatic rings. The minimum absolute atomic E-state index is 0.0213. The molecule has 86 valence electrons. The monoisotopic (exact) mass is 201 g/mol. The predicted octanol–water partition coefficient (Wildman–Crippen LogP) is 2.42. The van der Waals surface area contributed by atoms with Crippen LogP contribution in [-0.4, -0.2) is 24.3 Å². The molecule has 14 heavy (non-hydrogen) atoms. The van der Waals surface area contributed by atoms with Gasteiger partial charge >= 0.3 is 0 Å². The Morgan fingerprint density at radius 1 is 1.29 bits per heavy atom. The normalized spacial score (nSPS) is 20.1. The molecule has 0 heterocycles. The van der Waals surface area contributed by atoms with E-state index in [1.807, 2.05) is 6.92 Å². The van der Waals surface area contributed by atoms with Crippen LogP contribution in [0.2, 0.25) is 0 Å². The zero-order valence-corrected chi connectivity index (χ0v) is 10.4. The summed E-state index contributed by atoms with van der Waals surface area (Å²) in [7, 11) is 0. The van der Waals surface area contributed by atoms with E-state index in [1.54, 1.807) is 0 Å². The second-order valence-corrected chi connectivity index (χ2v) is 4.83. The van der Waals surface area contributed by atoms with Gasteiger partial charge in [-0.25, -0.2) is 0 Å². The van der Waals surface area contributed by atoms with Crippen LogP contribution in [0.5, 0.6) is 0 Å². The van der Waals surface area contributed by atoms with Gasteiger partial charge in [0.1, 0.15) is 0 Å². The van der Waals surface area contributed by atoms with Gasteiger partial charge in [-0.05, 0) is 25.8 Å². The van der Waals surface area contributed by atoms with Crippen molar-refractivity contribution in [1.82, 2.24) is 5.32 Å². The van der Waals surface area contributed by atoms with Gasteiger partial charge in [0.2, 0.25) is 0 Å². The first-order valence-corrected chi connectivity index (χ1v) is 5.85. The Morgan fingerprint density at radius 2 is 1.86 bits per heavy atom. The average molecular weight is 201 g/mol. The predicted molar refractivity (Wildman–Crippen MR) is 62.4 cm³/mol. The molecule has 0 rings (SSSR count). The van der Waals surface area contributed by atoms with Crippen molar-refractivity contribution in [2.45, 2.75) is 53.6 Å². The summed E-state index contributed by atoms with van der Waals surface area (Å²) >= 11 is 0. The molecule has 0 aromatic carbocycles. The summed E-state index contributed by atoms with van der Waals surface area (Å²) in [6.07, 6.45) is 1.99. The minimum atomic E-state index is -0.239. The highest BCUT2D eigenvalue weighted by molar-refractivity contribution is 4.80. The van der Waals surface area contributed by atoms with Crippen LogP contribution in [0.15, 0.2) is 0 Å². The van der Waals surface area contributed by atoms with E-state index in [0.29, 0.717) is 0 Å². The minimum Gasteiger partial charge on any atom is -0.393 e. The lowest BCUT2D eigenvalue weighted by molar-refractivity contribution is 0.0486. The van der Waals surface area contributed by atoms with E-state index in [2.05, 4.69) is 33.0 Å². The molecule has 0 radical (unpaired) electrons. The van der Waals surface area contributed by atoms with Crippen LogP contribution in [0.4, 0.5) is 0 Å². The molecule has 0 aliphatic rings. The Morgan fingerprint density at radius 3 is 2.21 bits per heavy atom. The zero-order chi connectivity index (χ0) is 11.2. The smallest absolute Gasteiger partial charge is 0.0577 e. The van der Waals surface area contributed by atoms with Gasteiger partial charge < -0.3 is 10.4 Å². The van der Waals surface area contributed by atoms with Gasteiger partial charge in [0.05, 0.1) is 6.10 Å². The highest BCUT2D eigenvalue weighted by Gasteiger charge is 2.27. The van der Waals surface area contributed by atoms with Crippen molar-refractivity contribution >= 4 is 0 Å². The molecule has 3 atom stereocenters. The van der Waals surface area contributed by atoms with Crippen LogP contribution in [0.25, 0.3) is 0 Å². The van der Waals surface area contributed by atoms with Crippen LogP contribution in [0.1, 0.15) is 47.5 Å². The molecule has 0 aliphatic carbocycles. The van der Waals surface area contributed by atoms with Crippen molar-refractivity contribution in [3.63, 3.8) is 0 Å². The summed E-state index contributed by atoms with van der Waals surface area (Å²) in [5.74, 6) is 0.727. The second-order valence-electron chi connectivity index (χ2n) is 4.83. The van der Waals surface area contributed by atoms with E-state index < -0.39 is 0 Å². The summed E-state index contributed by atoms with van der Waals surface area (Å²) in [6, 6.07) is 0. The Labute approximate surface area is 89.1 Å². The number of hydrogen-bond acceptors (Lipinski definition) is 2. The maximum absolute atomic E-state index is 9.65. The molecule has 0 bridgehead atoms. The highest BCUT2D eigenvalue weighted by Crippen LogP contribution is 2.24. The number of rotatable bonds is 7. The number of aliphatic hydroxyl groups excluding tert-OH is 1. The molecule has 0 spiro atoms. The lowest BCUT2D eigenvalue weighted by atomic mass is 9.82. The SMILES string of the molecule is CCC(C)CNCC(C)(CC)C(C)O. The third-order valence-corrected chi connectivity index (χ3v) is 3.53. The van der Waals surface area contributed by atoms with E-state index in [0.717, 1.165) is 25.4 Å². The largest absolute Gasteiger partial charge is 0.393 e. The standard InChI is InChI=1S/C12H27NO/c1-6-10(3)8-13-9-12(5,7-2)11(4)14/h10-11,13-14H,6-9H2,1-5H3. The Kier molecular flexibility index (Phi) is 6.38. The molecule has 2 nitrogen and oxygen atoms in total. The molecule has 0 aromatic heterocycles. The fourth-order valence-electron chi connectivity index (χ4n) is 1.32. The van der Waals surface area contributed by atoms with Crippen molar-refractivity contribution in [2.75, 3.05) is 13.1 Å². The van der Waals surface area contributed by atoms with E-state index in [9.17, 15) is 5.11 Å². The van der Waals surface area contributed by atoms with Crippen LogP contribution in [-0.2, 0) is 0 Å². The van der Waals surface area contributed by atoms with Crippen molar-refractivity contribution in [3.05, 3.63) is 0 Å². The lowest BCUT2D eigenvalue weighted by Gasteiger charge is -2.32. The third-order valence-electron chi connectivity index (χ3n) is 3.53. The van der Waals surface area contributed by atoms with Crippen molar-refractivity contribution in [1.29, 1.82) is 0 Å². The average Bonchev–Trinajstić information content (AvgIpc) is 2.16. The molecule has 2 heteroatoms. The first kappa shape index (κ1) is 13.9. The summed E-state index contributed by atoms with van der Waals surface area (Å²) in [4.78, 5) is 0. The number of nitrogens with one attached hydrogen (secondary N) is 1. The van der Waals surface area contributed by atoms with Gasteiger partial charge in [-0.3, -0.25) is 0 Å². The molecular formula is C12H27NO. The zero-order valence-electron chi connectivity index (χ0n) is 10.4. The molecule has 0 saturated carbocycles. The van der Waals surface area contributed by atoms with Gasteiger partial charge in [0.25, 0.3) is 0 Å². The molecule has 0 aliphatic heterocycles. The van der Waals surface area contributed by atoms with Crippen LogP contribution in [0.3, 0.4) is 0 Å². The van der Waals surface area contributed by atoms with Crippen molar-refractivity contribution in [2.24, 2.45) is 11.3 Å². The van der Waals surface area contributed by atoms with E-state index in [-0.39, 0.29) is 11.5 Å². The maximum Gasteiger partial charge on any atom is 0.0577 e. The number of aliphatic hydroxyl groups is 1. The molecule has 0 saturated heterocycles. The Bertz CT molecular complexity index is 147. The Hall–Kier alpha value is -0.0800. The lowest BCUT2D eigenvalue weighted by Crippen LogP contribution is -2.40. The highest BCUT2D eigenvalue weighted by atomic mass is 16.3. The number of hydrogen-bond donors (Lipinski definition) is 2. The van der Waals surface area contributed by atoms with Crippen LogP contribution in [0, 0.1) is 11.3 Å². The Balaban J connectivity index is 3.84. The topological polar surface area (TPSA) is 32.3 Å². The van der Waals surface area contributed by atoms with Gasteiger partial charge in [-0.2, -0.15) is 0 Å². The van der Waals surface area contributed by atoms with E-state index in [1.165, 1.54) is 6.42 Å². The second kappa shape index (κ2) is 6.41. The molecule has 0 fully saturated rings. The van der Waals surface area contributed by atoms with Crippen LogP contribution < -0.4 is 5.32 Å². The van der Waals surface area contributed by atoms with Gasteiger partial charge in [-0.15, -0.1) is 0 Å². The van der Waals surface area contributed by atoms with E-state index in [4.69, 9.17) is 0 Å². The molecular weight excluding hydrogens is 174 g/mol. The quantitative estimate of drug-likeness (QED) is 0.663. The molecule has 0 amide bonds. The summed E-state index contributed by atoms with van der Waals surface area (Å²) < 4.78 is 0. The summed E-state index contributed by atoms with van der Waals surface area (Å²) in [5.41, 5.74) is 0.0213. The van der Waals surface area contributed by atoms with Gasteiger partial charge in [0, 0.05) is 12.0 Å². The van der Waals surface area contributed by atoms with Crippen LogP contribution >= 0.6 is 0 Å². The third kappa shape index (κ3) is 4.43. The van der Waals surface area contributed by atoms with Gasteiger partial charge in [0.15, 0.2) is 0 Å². The fraction of sp³-hybridized carbons (Fsp3) is 1.00. The maximum atomic E-state index is 9.65. The fourth-order valence-corrected chi connectivity index (χ4v) is 1.32. The van der Waals surface area contributed by atoms with Gasteiger partial charge in [-0.1, -0.05) is 34.1 Å². The summed E-state index contributed by atoms with van der Waals surface area (Å²) in [6.45, 7) is 12.6. The summed E-state index contributed by atoms with van der Waals surface area (Å²) in [5, 5.41) is 13.1. The molecule has 2 N–H and O–H groups in total. The first-order valence-electron chi connectivity index (χ1n) is 5.85.